The van der Waals surface area contributed by atoms with E-state index in [1.165, 1.54) is 0 Å². The fourth-order valence-electron chi connectivity index (χ4n) is 2.41. The maximum atomic E-state index is 12.0. The number of hydrogen-bond donors (Lipinski definition) is 3. The van der Waals surface area contributed by atoms with Crippen LogP contribution in [0.2, 0.25) is 0 Å². The Labute approximate surface area is 148 Å². The van der Waals surface area contributed by atoms with Crippen LogP contribution < -0.4 is 15.5 Å². The van der Waals surface area contributed by atoms with E-state index >= 15 is 0 Å². The Hall–Kier alpha value is -2.54. The number of anilines is 1. The van der Waals surface area contributed by atoms with Gasteiger partial charge in [-0.05, 0) is 26.0 Å². The maximum absolute atomic E-state index is 12.0. The molecule has 0 aliphatic rings. The quantitative estimate of drug-likeness (QED) is 0.709. The monoisotopic (exact) mass is 345 g/mol. The lowest BCUT2D eigenvalue weighted by molar-refractivity contribution is 0.0593. The van der Waals surface area contributed by atoms with Crippen molar-refractivity contribution in [2.75, 3.05) is 25.0 Å². The van der Waals surface area contributed by atoms with Gasteiger partial charge in [0.1, 0.15) is 5.60 Å². The van der Waals surface area contributed by atoms with Gasteiger partial charge in [-0.15, -0.1) is 0 Å². The summed E-state index contributed by atoms with van der Waals surface area (Å²) in [5.74, 6) is 0. The van der Waals surface area contributed by atoms with Gasteiger partial charge in [-0.2, -0.15) is 5.10 Å². The molecule has 0 bridgehead atoms. The fourth-order valence-corrected chi connectivity index (χ4v) is 2.41. The van der Waals surface area contributed by atoms with Crippen LogP contribution in [0.25, 0.3) is 0 Å². The molecule has 7 nitrogen and oxygen atoms in total. The minimum absolute atomic E-state index is 0.105. The summed E-state index contributed by atoms with van der Waals surface area (Å²) in [4.78, 5) is 14.1. The smallest absolute Gasteiger partial charge is 0.314 e. The van der Waals surface area contributed by atoms with Crippen LogP contribution in [-0.2, 0) is 12.6 Å². The van der Waals surface area contributed by atoms with Gasteiger partial charge in [0.2, 0.25) is 0 Å². The van der Waals surface area contributed by atoms with Gasteiger partial charge in [-0.3, -0.25) is 4.68 Å². The second kappa shape index (κ2) is 8.02. The molecule has 2 amide bonds. The predicted octanol–water partition coefficient (Wildman–Crippen LogP) is 1.45. The normalized spacial score (nSPS) is 14.4. The van der Waals surface area contributed by atoms with E-state index in [-0.39, 0.29) is 18.6 Å². The van der Waals surface area contributed by atoms with Crippen molar-refractivity contribution < 1.29 is 9.90 Å². The third kappa shape index (κ3) is 5.22. The van der Waals surface area contributed by atoms with Gasteiger partial charge >= 0.3 is 6.03 Å². The summed E-state index contributed by atoms with van der Waals surface area (Å²) in [6.45, 7) is 4.29. The number of aliphatic hydroxyl groups is 1. The fraction of sp³-hybridized carbons (Fsp3) is 0.444. The highest BCUT2D eigenvalue weighted by Crippen LogP contribution is 2.18. The molecule has 136 valence electrons. The van der Waals surface area contributed by atoms with Crippen LogP contribution in [0.15, 0.2) is 42.7 Å². The number of para-hydroxylation sites is 1. The van der Waals surface area contributed by atoms with Gasteiger partial charge in [-0.1, -0.05) is 18.2 Å². The van der Waals surface area contributed by atoms with Gasteiger partial charge in [0.25, 0.3) is 0 Å². The van der Waals surface area contributed by atoms with E-state index in [4.69, 9.17) is 0 Å². The molecular formula is C18H27N5O2. The van der Waals surface area contributed by atoms with Crippen LogP contribution >= 0.6 is 0 Å². The third-order valence-corrected chi connectivity index (χ3v) is 4.30. The summed E-state index contributed by atoms with van der Waals surface area (Å²) in [6.07, 6.45) is 3.33. The molecule has 0 saturated heterocycles. The molecule has 1 aromatic carbocycles. The third-order valence-electron chi connectivity index (χ3n) is 4.30. The number of nitrogens with zero attached hydrogens (tertiary/aromatic N) is 3. The van der Waals surface area contributed by atoms with E-state index in [2.05, 4.69) is 20.6 Å². The molecule has 2 atom stereocenters. The number of carbonyl (C=O) groups is 1. The van der Waals surface area contributed by atoms with E-state index < -0.39 is 5.60 Å². The van der Waals surface area contributed by atoms with Crippen LogP contribution in [0.3, 0.4) is 0 Å². The van der Waals surface area contributed by atoms with Gasteiger partial charge in [-0.25, -0.2) is 4.79 Å². The number of amides is 2. The van der Waals surface area contributed by atoms with Gasteiger partial charge < -0.3 is 20.6 Å². The zero-order chi connectivity index (χ0) is 18.4. The second-order valence-electron chi connectivity index (χ2n) is 6.54. The molecule has 0 saturated carbocycles. The minimum atomic E-state index is -1.17. The van der Waals surface area contributed by atoms with Crippen LogP contribution in [0.1, 0.15) is 19.4 Å². The molecule has 0 radical (unpaired) electrons. The Morgan fingerprint density at radius 1 is 1.36 bits per heavy atom. The molecular weight excluding hydrogens is 318 g/mol. The van der Waals surface area contributed by atoms with E-state index in [9.17, 15) is 9.90 Å². The Morgan fingerprint density at radius 3 is 2.64 bits per heavy atom. The predicted molar refractivity (Wildman–Crippen MR) is 98.5 cm³/mol. The van der Waals surface area contributed by atoms with Crippen molar-refractivity contribution >= 4 is 11.7 Å². The molecule has 3 N–H and O–H groups in total. The summed E-state index contributed by atoms with van der Waals surface area (Å²) >= 11 is 0. The molecule has 0 unspecified atom stereocenters. The Kier molecular flexibility index (Phi) is 6.03. The average molecular weight is 345 g/mol. The molecule has 0 spiro atoms. The van der Waals surface area contributed by atoms with Crippen LogP contribution in [0.5, 0.6) is 0 Å². The number of rotatable bonds is 7. The maximum Gasteiger partial charge on any atom is 0.314 e. The summed E-state index contributed by atoms with van der Waals surface area (Å²) in [5.41, 5.74) is 0.585. The molecule has 2 rings (SSSR count). The summed E-state index contributed by atoms with van der Waals surface area (Å²) in [5, 5.41) is 20.0. The van der Waals surface area contributed by atoms with Crippen molar-refractivity contribution in [3.05, 3.63) is 48.3 Å². The highest BCUT2D eigenvalue weighted by atomic mass is 16.3. The Bertz CT molecular complexity index is 684. The van der Waals surface area contributed by atoms with Crippen molar-refractivity contribution in [3.63, 3.8) is 0 Å². The summed E-state index contributed by atoms with van der Waals surface area (Å²) in [6, 6.07) is 9.83. The summed E-state index contributed by atoms with van der Waals surface area (Å²) in [7, 11) is 3.77. The zero-order valence-electron chi connectivity index (χ0n) is 15.2. The molecule has 25 heavy (non-hydrogen) atoms. The van der Waals surface area contributed by atoms with Gasteiger partial charge in [0.15, 0.2) is 0 Å². The standard InChI is InChI=1S/C18H27N5O2/c1-14(23(4)16-8-6-5-7-9-16)10-19-17(24)20-13-18(2,25)15-11-21-22(3)12-15/h5-9,11-12,14,25H,10,13H2,1-4H3,(H2,19,20,24)/t14-,18+/m1/s1. The Morgan fingerprint density at radius 2 is 2.04 bits per heavy atom. The Balaban J connectivity index is 1.78. The lowest BCUT2D eigenvalue weighted by atomic mass is 10.00. The molecule has 0 aliphatic heterocycles. The second-order valence-corrected chi connectivity index (χ2v) is 6.54. The van der Waals surface area contributed by atoms with Crippen LogP contribution in [0, 0.1) is 0 Å². The van der Waals surface area contributed by atoms with Gasteiger partial charge in [0.05, 0.1) is 12.7 Å². The molecule has 1 heterocycles. The van der Waals surface area contributed by atoms with Gasteiger partial charge in [0, 0.05) is 44.1 Å². The van der Waals surface area contributed by atoms with Crippen molar-refractivity contribution in [2.24, 2.45) is 7.05 Å². The van der Waals surface area contributed by atoms with Crippen molar-refractivity contribution in [1.29, 1.82) is 0 Å². The van der Waals surface area contributed by atoms with Crippen LogP contribution in [-0.4, -0.2) is 47.1 Å². The van der Waals surface area contributed by atoms with Crippen LogP contribution in [0.4, 0.5) is 10.5 Å². The highest BCUT2D eigenvalue weighted by Gasteiger charge is 2.25. The number of hydrogen-bond acceptors (Lipinski definition) is 4. The first-order valence-electron chi connectivity index (χ1n) is 8.30. The zero-order valence-corrected chi connectivity index (χ0v) is 15.2. The molecule has 0 aliphatic carbocycles. The van der Waals surface area contributed by atoms with Crippen molar-refractivity contribution in [3.8, 4) is 0 Å². The number of benzene rings is 1. The first-order valence-corrected chi connectivity index (χ1v) is 8.30. The first kappa shape index (κ1) is 18.8. The number of carbonyl (C=O) groups excluding carboxylic acids is 1. The van der Waals surface area contributed by atoms with E-state index in [1.807, 2.05) is 44.3 Å². The molecule has 0 fully saturated rings. The first-order chi connectivity index (χ1) is 11.8. The molecule has 1 aromatic heterocycles. The average Bonchev–Trinajstić information content (AvgIpc) is 3.05. The summed E-state index contributed by atoms with van der Waals surface area (Å²) < 4.78 is 1.62. The minimum Gasteiger partial charge on any atom is -0.383 e. The highest BCUT2D eigenvalue weighted by molar-refractivity contribution is 5.74. The number of nitrogens with one attached hydrogen (secondary N) is 2. The number of likely N-dealkylation sites (N-methyl/N-ethyl adjacent to an activating group) is 1. The molecule has 7 heteroatoms. The van der Waals surface area contributed by atoms with E-state index in [1.54, 1.807) is 31.0 Å². The van der Waals surface area contributed by atoms with Crippen molar-refractivity contribution in [2.45, 2.75) is 25.5 Å². The molecule has 2 aromatic rings. The van der Waals surface area contributed by atoms with Crippen molar-refractivity contribution in [1.82, 2.24) is 20.4 Å². The van der Waals surface area contributed by atoms with E-state index in [0.717, 1.165) is 5.69 Å². The van der Waals surface area contributed by atoms with E-state index in [0.29, 0.717) is 12.1 Å². The SMILES string of the molecule is C[C@H](CNC(=O)NC[C@](C)(O)c1cnn(C)c1)N(C)c1ccccc1. The topological polar surface area (TPSA) is 82.4 Å². The lowest BCUT2D eigenvalue weighted by Gasteiger charge is -2.27. The number of aromatic nitrogens is 2. The number of aryl methyl sites for hydroxylation is 1. The lowest BCUT2D eigenvalue weighted by Crippen LogP contribution is -2.47. The largest absolute Gasteiger partial charge is 0.383 e. The number of urea groups is 1.